The predicted octanol–water partition coefficient (Wildman–Crippen LogP) is 2.67. The van der Waals surface area contributed by atoms with Crippen LogP contribution in [0, 0.1) is 18.3 Å². The molecule has 0 spiro atoms. The summed E-state index contributed by atoms with van der Waals surface area (Å²) in [7, 11) is 0. The number of hydrogen-bond acceptors (Lipinski definition) is 4. The summed E-state index contributed by atoms with van der Waals surface area (Å²) in [6.45, 7) is 7.57. The van der Waals surface area contributed by atoms with Gasteiger partial charge in [-0.15, -0.1) is 12.3 Å². The van der Waals surface area contributed by atoms with Crippen molar-refractivity contribution < 1.29 is 4.79 Å². The molecule has 3 heterocycles. The van der Waals surface area contributed by atoms with Gasteiger partial charge in [-0.25, -0.2) is 0 Å². The van der Waals surface area contributed by atoms with Crippen LogP contribution in [0.3, 0.4) is 0 Å². The van der Waals surface area contributed by atoms with Crippen molar-refractivity contribution in [2.75, 3.05) is 19.6 Å². The molecule has 0 aromatic heterocycles. The first-order valence-corrected chi connectivity index (χ1v) is 8.96. The molecular weight excluding hydrogens is 288 g/mol. The van der Waals surface area contributed by atoms with E-state index in [2.05, 4.69) is 39.8 Å². The monoisotopic (exact) mass is 316 g/mol. The van der Waals surface area contributed by atoms with E-state index in [1.165, 1.54) is 19.4 Å². The van der Waals surface area contributed by atoms with Gasteiger partial charge >= 0.3 is 0 Å². The maximum atomic E-state index is 12.8. The quantitative estimate of drug-likeness (QED) is 0.707. The molecule has 2 atom stereocenters. The van der Waals surface area contributed by atoms with Gasteiger partial charge in [-0.1, -0.05) is 13.8 Å². The first kappa shape index (κ1) is 16.4. The number of fused-ring (bicyclic) bond motifs is 1. The summed E-state index contributed by atoms with van der Waals surface area (Å²) in [6.07, 6.45) is 10.5. The third-order valence-electron chi connectivity index (χ3n) is 5.61. The lowest BCUT2D eigenvalue weighted by Crippen LogP contribution is -2.59. The van der Waals surface area contributed by atoms with Crippen molar-refractivity contribution in [3.05, 3.63) is 0 Å². The molecule has 3 rings (SSSR count). The summed E-state index contributed by atoms with van der Waals surface area (Å²) in [5.74, 6) is 3.40. The van der Waals surface area contributed by atoms with Crippen LogP contribution in [0.2, 0.25) is 0 Å². The molecule has 5 heteroatoms. The molecule has 2 saturated heterocycles. The van der Waals surface area contributed by atoms with Crippen LogP contribution in [-0.4, -0.2) is 53.1 Å². The Kier molecular flexibility index (Phi) is 4.72. The Hall–Kier alpha value is -1.41. The molecule has 126 valence electrons. The first-order valence-electron chi connectivity index (χ1n) is 8.96. The number of rotatable bonds is 6. The van der Waals surface area contributed by atoms with Crippen molar-refractivity contribution in [3.8, 4) is 12.3 Å². The van der Waals surface area contributed by atoms with Crippen LogP contribution in [0.4, 0.5) is 0 Å². The molecule has 0 aromatic rings. The molecule has 5 nitrogen and oxygen atoms in total. The smallest absolute Gasteiger partial charge is 0.223 e. The number of piperazine rings is 1. The topological polar surface area (TPSA) is 48.3 Å². The van der Waals surface area contributed by atoms with Gasteiger partial charge in [-0.3, -0.25) is 9.69 Å². The zero-order valence-corrected chi connectivity index (χ0v) is 14.4. The largest absolute Gasteiger partial charge is 0.337 e. The van der Waals surface area contributed by atoms with Crippen molar-refractivity contribution in [1.82, 2.24) is 9.80 Å². The number of carbonyl (C=O) groups is 1. The fourth-order valence-corrected chi connectivity index (χ4v) is 4.02. The summed E-state index contributed by atoms with van der Waals surface area (Å²) >= 11 is 0. The van der Waals surface area contributed by atoms with Gasteiger partial charge in [0.15, 0.2) is 5.66 Å². The van der Waals surface area contributed by atoms with Gasteiger partial charge in [-0.05, 0) is 25.3 Å². The van der Waals surface area contributed by atoms with Crippen LogP contribution in [0.15, 0.2) is 10.2 Å². The third kappa shape index (κ3) is 3.58. The average molecular weight is 316 g/mol. The van der Waals surface area contributed by atoms with Gasteiger partial charge in [0, 0.05) is 50.9 Å². The number of hydrogen-bond donors (Lipinski definition) is 0. The molecule has 23 heavy (non-hydrogen) atoms. The summed E-state index contributed by atoms with van der Waals surface area (Å²) in [4.78, 5) is 17.6. The number of amides is 1. The zero-order valence-electron chi connectivity index (χ0n) is 14.4. The Labute approximate surface area is 139 Å². The van der Waals surface area contributed by atoms with E-state index in [0.29, 0.717) is 37.3 Å². The normalized spacial score (nSPS) is 28.7. The van der Waals surface area contributed by atoms with E-state index in [4.69, 9.17) is 6.42 Å². The van der Waals surface area contributed by atoms with Crippen LogP contribution < -0.4 is 0 Å². The van der Waals surface area contributed by atoms with E-state index in [-0.39, 0.29) is 11.6 Å². The first-order chi connectivity index (χ1) is 11.0. The Morgan fingerprint density at radius 2 is 2.13 bits per heavy atom. The molecule has 0 radical (unpaired) electrons. The van der Waals surface area contributed by atoms with Crippen LogP contribution in [0.1, 0.15) is 52.4 Å². The average Bonchev–Trinajstić information content (AvgIpc) is 3.16. The highest BCUT2D eigenvalue weighted by molar-refractivity contribution is 5.77. The lowest BCUT2D eigenvalue weighted by molar-refractivity contribution is -0.139. The summed E-state index contributed by atoms with van der Waals surface area (Å²) in [6, 6.07) is 0.909. The number of nitrogens with zero attached hydrogens (tertiary/aromatic N) is 4. The second-order valence-corrected chi connectivity index (χ2v) is 7.54. The van der Waals surface area contributed by atoms with Crippen molar-refractivity contribution in [2.24, 2.45) is 16.1 Å². The van der Waals surface area contributed by atoms with E-state index in [1.807, 2.05) is 0 Å². The Balaban J connectivity index is 1.57. The number of terminal acetylenes is 1. The third-order valence-corrected chi connectivity index (χ3v) is 5.61. The van der Waals surface area contributed by atoms with E-state index in [1.54, 1.807) is 0 Å². The Bertz CT molecular complexity index is 516. The minimum atomic E-state index is -0.343. The highest BCUT2D eigenvalue weighted by Gasteiger charge is 2.42. The molecule has 0 aliphatic carbocycles. The highest BCUT2D eigenvalue weighted by Crippen LogP contribution is 2.38. The van der Waals surface area contributed by atoms with Crippen LogP contribution >= 0.6 is 0 Å². The van der Waals surface area contributed by atoms with Crippen molar-refractivity contribution in [1.29, 1.82) is 0 Å². The second-order valence-electron chi connectivity index (χ2n) is 7.54. The minimum absolute atomic E-state index is 0.271. The lowest BCUT2D eigenvalue weighted by atomic mass is 9.95. The zero-order chi connectivity index (χ0) is 16.4. The lowest BCUT2D eigenvalue weighted by Gasteiger charge is -2.45. The molecule has 0 N–H and O–H groups in total. The molecule has 3 aliphatic heterocycles. The fraction of sp³-hybridized carbons (Fsp3) is 0.833. The van der Waals surface area contributed by atoms with Crippen molar-refractivity contribution >= 4 is 5.91 Å². The van der Waals surface area contributed by atoms with Gasteiger partial charge in [-0.2, -0.15) is 10.2 Å². The Morgan fingerprint density at radius 1 is 1.35 bits per heavy atom. The molecular formula is C18H28N4O. The maximum absolute atomic E-state index is 12.8. The van der Waals surface area contributed by atoms with E-state index >= 15 is 0 Å². The van der Waals surface area contributed by atoms with Crippen LogP contribution in [-0.2, 0) is 4.79 Å². The maximum Gasteiger partial charge on any atom is 0.223 e. The van der Waals surface area contributed by atoms with E-state index in [9.17, 15) is 4.79 Å². The standard InChI is InChI=1S/C18H28N4O/c1-4-5-9-18(19-20-18)10-8-17(23)22-12-15-7-6-11-21(15)13-16(22)14(2)3/h1,14-16H,5-13H2,2-3H3/t15-,16-/m0/s1. The molecule has 0 aromatic carbocycles. The summed E-state index contributed by atoms with van der Waals surface area (Å²) in [5, 5.41) is 8.29. The number of carbonyl (C=O) groups excluding carboxylic acids is 1. The summed E-state index contributed by atoms with van der Waals surface area (Å²) < 4.78 is 0. The van der Waals surface area contributed by atoms with E-state index in [0.717, 1.165) is 19.5 Å². The van der Waals surface area contributed by atoms with Gasteiger partial charge in [0.05, 0.1) is 0 Å². The van der Waals surface area contributed by atoms with Gasteiger partial charge in [0.25, 0.3) is 0 Å². The minimum Gasteiger partial charge on any atom is -0.337 e. The highest BCUT2D eigenvalue weighted by atomic mass is 16.2. The molecule has 1 amide bonds. The van der Waals surface area contributed by atoms with Gasteiger partial charge in [0.1, 0.15) is 0 Å². The molecule has 2 fully saturated rings. The molecule has 0 unspecified atom stereocenters. The van der Waals surface area contributed by atoms with Crippen LogP contribution in [0.5, 0.6) is 0 Å². The van der Waals surface area contributed by atoms with E-state index < -0.39 is 0 Å². The second kappa shape index (κ2) is 6.60. The molecule has 0 bridgehead atoms. The van der Waals surface area contributed by atoms with Crippen LogP contribution in [0.25, 0.3) is 0 Å². The summed E-state index contributed by atoms with van der Waals surface area (Å²) in [5.41, 5.74) is -0.343. The Morgan fingerprint density at radius 3 is 2.78 bits per heavy atom. The van der Waals surface area contributed by atoms with Gasteiger partial charge in [0.2, 0.25) is 5.91 Å². The van der Waals surface area contributed by atoms with Crippen molar-refractivity contribution in [3.63, 3.8) is 0 Å². The van der Waals surface area contributed by atoms with Crippen molar-refractivity contribution in [2.45, 2.75) is 70.1 Å². The fourth-order valence-electron chi connectivity index (χ4n) is 4.02. The molecule has 0 saturated carbocycles. The SMILES string of the molecule is C#CCCC1(CCC(=O)N2C[C@@H]3CCCN3C[C@H]2C(C)C)N=N1. The van der Waals surface area contributed by atoms with Gasteiger partial charge < -0.3 is 4.90 Å². The predicted molar refractivity (Wildman–Crippen MR) is 89.8 cm³/mol. The molecule has 3 aliphatic rings.